The van der Waals surface area contributed by atoms with Gasteiger partial charge in [-0.15, -0.1) is 35.3 Å². The predicted molar refractivity (Wildman–Crippen MR) is 119 cm³/mol. The van der Waals surface area contributed by atoms with E-state index in [0.717, 1.165) is 30.7 Å². The van der Waals surface area contributed by atoms with Gasteiger partial charge in [-0.3, -0.25) is 0 Å². The maximum atomic E-state index is 5.93. The van der Waals surface area contributed by atoms with Gasteiger partial charge in [-0.1, -0.05) is 30.3 Å². The van der Waals surface area contributed by atoms with Gasteiger partial charge in [-0.2, -0.15) is 0 Å². The molecule has 0 aliphatic carbocycles. The van der Waals surface area contributed by atoms with Crippen molar-refractivity contribution in [2.24, 2.45) is 10.7 Å². The fraction of sp³-hybridized carbons (Fsp3) is 0.421. The number of nitrogens with zero attached hydrogens (tertiary/aromatic N) is 1. The lowest BCUT2D eigenvalue weighted by atomic mass is 10.1. The van der Waals surface area contributed by atoms with Gasteiger partial charge in [0.25, 0.3) is 0 Å². The molecular formula is C19H28IN3O2S. The lowest BCUT2D eigenvalue weighted by molar-refractivity contribution is 0.0453. The number of hydrogen-bond acceptors (Lipinski definition) is 4. The molecule has 7 heteroatoms. The Kier molecular flexibility index (Phi) is 12.3. The van der Waals surface area contributed by atoms with Crippen molar-refractivity contribution in [2.45, 2.75) is 26.5 Å². The lowest BCUT2D eigenvalue weighted by Crippen LogP contribution is -2.33. The average molecular weight is 489 g/mol. The molecule has 144 valence electrons. The zero-order valence-corrected chi connectivity index (χ0v) is 18.3. The average Bonchev–Trinajstić information content (AvgIpc) is 3.14. The topological polar surface area (TPSA) is 68.9 Å². The van der Waals surface area contributed by atoms with E-state index in [0.29, 0.717) is 32.3 Å². The van der Waals surface area contributed by atoms with E-state index < -0.39 is 0 Å². The number of nitrogens with one attached hydrogen (secondary N) is 1. The fourth-order valence-electron chi connectivity index (χ4n) is 2.27. The Morgan fingerprint density at radius 3 is 2.73 bits per heavy atom. The van der Waals surface area contributed by atoms with E-state index in [-0.39, 0.29) is 24.0 Å². The third kappa shape index (κ3) is 9.51. The molecular weight excluding hydrogens is 461 g/mol. The van der Waals surface area contributed by atoms with Gasteiger partial charge in [0.05, 0.1) is 26.4 Å². The van der Waals surface area contributed by atoms with Crippen LogP contribution < -0.4 is 11.1 Å². The van der Waals surface area contributed by atoms with Crippen LogP contribution in [0.5, 0.6) is 0 Å². The Labute approximate surface area is 177 Å². The first-order valence-corrected chi connectivity index (χ1v) is 9.45. The van der Waals surface area contributed by atoms with Crippen LogP contribution >= 0.6 is 35.3 Å². The number of ether oxygens (including phenoxy) is 2. The number of hydrogen-bond donors (Lipinski definition) is 2. The van der Waals surface area contributed by atoms with Crippen molar-refractivity contribution in [3.8, 4) is 0 Å². The minimum atomic E-state index is 0. The van der Waals surface area contributed by atoms with E-state index in [4.69, 9.17) is 15.2 Å². The third-order valence-electron chi connectivity index (χ3n) is 3.53. The Morgan fingerprint density at radius 1 is 1.15 bits per heavy atom. The summed E-state index contributed by atoms with van der Waals surface area (Å²) in [6.45, 7) is 5.88. The summed E-state index contributed by atoms with van der Waals surface area (Å²) in [7, 11) is 0. The van der Waals surface area contributed by atoms with Crippen molar-refractivity contribution in [3.05, 3.63) is 57.8 Å². The number of halogens is 1. The smallest absolute Gasteiger partial charge is 0.188 e. The molecule has 0 radical (unpaired) electrons. The molecule has 0 spiro atoms. The molecule has 2 aromatic rings. The van der Waals surface area contributed by atoms with Gasteiger partial charge in [0, 0.05) is 18.0 Å². The molecule has 0 aliphatic rings. The highest BCUT2D eigenvalue weighted by Crippen LogP contribution is 2.09. The molecule has 26 heavy (non-hydrogen) atoms. The minimum absolute atomic E-state index is 0. The van der Waals surface area contributed by atoms with Gasteiger partial charge in [0.1, 0.15) is 0 Å². The summed E-state index contributed by atoms with van der Waals surface area (Å²) in [4.78, 5) is 5.75. The van der Waals surface area contributed by atoms with Gasteiger partial charge in [-0.05, 0) is 35.9 Å². The maximum absolute atomic E-state index is 5.93. The van der Waals surface area contributed by atoms with Crippen molar-refractivity contribution in [2.75, 3.05) is 26.4 Å². The van der Waals surface area contributed by atoms with Gasteiger partial charge >= 0.3 is 0 Å². The van der Waals surface area contributed by atoms with Crippen molar-refractivity contribution in [3.63, 3.8) is 0 Å². The van der Waals surface area contributed by atoms with E-state index in [1.807, 2.05) is 19.1 Å². The molecule has 2 rings (SSSR count). The largest absolute Gasteiger partial charge is 0.379 e. The number of thiophene rings is 1. The molecule has 0 aliphatic heterocycles. The van der Waals surface area contributed by atoms with Crippen molar-refractivity contribution in [1.82, 2.24) is 5.32 Å². The Bertz CT molecular complexity index is 635. The number of guanidine groups is 1. The first kappa shape index (κ1) is 22.9. The highest BCUT2D eigenvalue weighted by Gasteiger charge is 1.99. The zero-order valence-electron chi connectivity index (χ0n) is 15.1. The molecule has 1 aromatic carbocycles. The zero-order chi connectivity index (χ0) is 17.7. The van der Waals surface area contributed by atoms with Crippen LogP contribution in [0.3, 0.4) is 0 Å². The van der Waals surface area contributed by atoms with Crippen LogP contribution in [0.15, 0.2) is 46.8 Å². The highest BCUT2D eigenvalue weighted by atomic mass is 127. The van der Waals surface area contributed by atoms with Crippen molar-refractivity contribution < 1.29 is 9.47 Å². The molecule has 0 unspecified atom stereocenters. The molecule has 0 saturated carbocycles. The summed E-state index contributed by atoms with van der Waals surface area (Å²) in [5.74, 6) is 0.481. The fourth-order valence-corrected chi connectivity index (χ4v) is 2.98. The molecule has 1 aromatic heterocycles. The SMILES string of the molecule is CCOCCOCc1cccc(CN=C(N)NCCc2cccs2)c1.I. The maximum Gasteiger partial charge on any atom is 0.188 e. The van der Waals surface area contributed by atoms with E-state index >= 15 is 0 Å². The van der Waals surface area contributed by atoms with E-state index in [9.17, 15) is 0 Å². The third-order valence-corrected chi connectivity index (χ3v) is 4.46. The summed E-state index contributed by atoms with van der Waals surface area (Å²) in [5.41, 5.74) is 8.18. The molecule has 0 bridgehead atoms. The standard InChI is InChI=1S/C19H27N3O2S.HI/c1-2-23-10-11-24-15-17-6-3-5-16(13-17)14-22-19(20)21-9-8-18-7-4-12-25-18;/h3-7,12-13H,2,8-11,14-15H2,1H3,(H3,20,21,22);1H. The molecule has 0 saturated heterocycles. The molecule has 0 amide bonds. The number of aliphatic imine (C=N–C) groups is 1. The van der Waals surface area contributed by atoms with E-state index in [1.165, 1.54) is 4.88 Å². The van der Waals surface area contributed by atoms with Gasteiger partial charge < -0.3 is 20.5 Å². The van der Waals surface area contributed by atoms with E-state index in [2.05, 4.69) is 40.0 Å². The van der Waals surface area contributed by atoms with Gasteiger partial charge in [0.15, 0.2) is 5.96 Å². The molecule has 0 atom stereocenters. The summed E-state index contributed by atoms with van der Waals surface area (Å²) >= 11 is 1.76. The quantitative estimate of drug-likeness (QED) is 0.219. The minimum Gasteiger partial charge on any atom is -0.379 e. The van der Waals surface area contributed by atoms with Crippen LogP contribution in [0, 0.1) is 0 Å². The summed E-state index contributed by atoms with van der Waals surface area (Å²) in [5, 5.41) is 5.24. The van der Waals surface area contributed by atoms with Crippen LogP contribution in [-0.4, -0.2) is 32.3 Å². The molecule has 1 heterocycles. The lowest BCUT2D eigenvalue weighted by Gasteiger charge is -2.07. The Morgan fingerprint density at radius 2 is 1.96 bits per heavy atom. The van der Waals surface area contributed by atoms with Gasteiger partial charge in [0.2, 0.25) is 0 Å². The van der Waals surface area contributed by atoms with Crippen molar-refractivity contribution >= 4 is 41.3 Å². The second-order valence-electron chi connectivity index (χ2n) is 5.53. The molecule has 3 N–H and O–H groups in total. The molecule has 0 fully saturated rings. The van der Waals surface area contributed by atoms with E-state index in [1.54, 1.807) is 11.3 Å². The summed E-state index contributed by atoms with van der Waals surface area (Å²) in [6, 6.07) is 12.4. The number of nitrogens with two attached hydrogens (primary N) is 1. The predicted octanol–water partition coefficient (Wildman–Crippen LogP) is 3.57. The van der Waals surface area contributed by atoms with Crippen LogP contribution in [0.2, 0.25) is 0 Å². The summed E-state index contributed by atoms with van der Waals surface area (Å²) in [6.07, 6.45) is 0.961. The Hall–Kier alpha value is -1.16. The summed E-state index contributed by atoms with van der Waals surface area (Å²) < 4.78 is 10.8. The Balaban J connectivity index is 0.00000338. The van der Waals surface area contributed by atoms with Crippen LogP contribution in [-0.2, 0) is 29.0 Å². The monoisotopic (exact) mass is 489 g/mol. The second-order valence-corrected chi connectivity index (χ2v) is 6.56. The normalized spacial score (nSPS) is 11.2. The first-order valence-electron chi connectivity index (χ1n) is 8.57. The van der Waals surface area contributed by atoms with Crippen LogP contribution in [0.25, 0.3) is 0 Å². The second kappa shape index (κ2) is 14.0. The van der Waals surface area contributed by atoms with Crippen molar-refractivity contribution in [1.29, 1.82) is 0 Å². The first-order chi connectivity index (χ1) is 12.3. The van der Waals surface area contributed by atoms with Gasteiger partial charge in [-0.25, -0.2) is 4.99 Å². The van der Waals surface area contributed by atoms with Crippen LogP contribution in [0.1, 0.15) is 22.9 Å². The molecule has 5 nitrogen and oxygen atoms in total. The number of benzene rings is 1. The highest BCUT2D eigenvalue weighted by molar-refractivity contribution is 14.0. The number of rotatable bonds is 11. The van der Waals surface area contributed by atoms with Crippen LogP contribution in [0.4, 0.5) is 0 Å².